The molecule has 226 valence electrons. The van der Waals surface area contributed by atoms with Crippen molar-refractivity contribution in [2.75, 3.05) is 26.1 Å². The number of carbonyl (C=O) groups excluding carboxylic acids is 2. The number of nitrogens with zero attached hydrogens (tertiary/aromatic N) is 3. The molecule has 43 heavy (non-hydrogen) atoms. The van der Waals surface area contributed by atoms with Crippen molar-refractivity contribution in [3.05, 3.63) is 84.0 Å². The summed E-state index contributed by atoms with van der Waals surface area (Å²) in [6, 6.07) is 15.1. The number of anilines is 1. The minimum atomic E-state index is -1.35. The Bertz CT molecular complexity index is 1570. The summed E-state index contributed by atoms with van der Waals surface area (Å²) >= 11 is 4.38. The van der Waals surface area contributed by atoms with E-state index in [1.54, 1.807) is 18.2 Å². The minimum Gasteiger partial charge on any atom is -0.464 e. The summed E-state index contributed by atoms with van der Waals surface area (Å²) in [5, 5.41) is 32.0. The summed E-state index contributed by atoms with van der Waals surface area (Å²) in [6.07, 6.45) is 6.18. The quantitative estimate of drug-likeness (QED) is 0.138. The number of carbonyl (C=O) groups is 2. The highest BCUT2D eigenvalue weighted by Gasteiger charge is 2.26. The number of methoxy groups -OCH3 is 2. The highest BCUT2D eigenvalue weighted by atomic mass is 127. The average Bonchev–Trinajstić information content (AvgIpc) is 3.63. The van der Waals surface area contributed by atoms with Gasteiger partial charge in [-0.3, -0.25) is 5.10 Å². The number of esters is 2. The molecule has 0 atom stereocenters. The zero-order valence-electron chi connectivity index (χ0n) is 23.8. The highest BCUT2D eigenvalue weighted by molar-refractivity contribution is 14.1. The molecule has 4 aromatic rings. The second-order valence-electron chi connectivity index (χ2n) is 9.74. The maximum atomic E-state index is 11.9. The molecule has 1 aliphatic heterocycles. The second-order valence-corrected chi connectivity index (χ2v) is 12.2. The summed E-state index contributed by atoms with van der Waals surface area (Å²) in [7, 11) is 1.41. The van der Waals surface area contributed by atoms with Crippen molar-refractivity contribution >= 4 is 75.4 Å². The molecule has 11 nitrogen and oxygen atoms in total. The van der Waals surface area contributed by atoms with Gasteiger partial charge in [0.25, 0.3) is 0 Å². The fraction of sp³-hybridized carbons (Fsp3) is 0.310. The van der Waals surface area contributed by atoms with Gasteiger partial charge in [0, 0.05) is 24.9 Å². The zero-order chi connectivity index (χ0) is 30.9. The molecule has 0 bridgehead atoms. The number of benzene rings is 2. The van der Waals surface area contributed by atoms with Gasteiger partial charge in [0.2, 0.25) is 0 Å². The Morgan fingerprint density at radius 1 is 0.907 bits per heavy atom. The van der Waals surface area contributed by atoms with E-state index in [0.717, 1.165) is 74.1 Å². The monoisotopic (exact) mass is 811 g/mol. The fourth-order valence-corrected chi connectivity index (χ4v) is 5.91. The third kappa shape index (κ3) is 8.36. The van der Waals surface area contributed by atoms with Gasteiger partial charge in [0.05, 0.1) is 31.3 Å². The van der Waals surface area contributed by atoms with Gasteiger partial charge in [-0.25, -0.2) is 14.3 Å². The molecule has 1 aliphatic carbocycles. The summed E-state index contributed by atoms with van der Waals surface area (Å²) in [5.74, 6) is -0.737. The smallest absolute Gasteiger partial charge is 0.464 e. The number of H-pyrrole nitrogens is 1. The SMILES string of the molecule is COC(=O)c1n[nH]c2c1CCCC2.COC(=O)c1nn(-c2cccc(I)c2)c2c1NCCC2.OB(O)c1cccc(I)c1. The molecule has 2 aliphatic rings. The van der Waals surface area contributed by atoms with E-state index in [1.165, 1.54) is 20.6 Å². The summed E-state index contributed by atoms with van der Waals surface area (Å²) in [4.78, 5) is 23.1. The van der Waals surface area contributed by atoms with Crippen molar-refractivity contribution in [2.45, 2.75) is 38.5 Å². The number of halogens is 2. The highest BCUT2D eigenvalue weighted by Crippen LogP contribution is 2.29. The summed E-state index contributed by atoms with van der Waals surface area (Å²) in [5.41, 5.74) is 6.34. The number of aryl methyl sites for hydroxylation is 1. The van der Waals surface area contributed by atoms with E-state index in [4.69, 9.17) is 14.8 Å². The van der Waals surface area contributed by atoms with Crippen LogP contribution in [0.15, 0.2) is 48.5 Å². The molecule has 0 amide bonds. The van der Waals surface area contributed by atoms with Gasteiger partial charge in [-0.05, 0) is 120 Å². The van der Waals surface area contributed by atoms with Crippen molar-refractivity contribution in [2.24, 2.45) is 0 Å². The normalized spacial score (nSPS) is 13.1. The lowest BCUT2D eigenvalue weighted by atomic mass is 9.81. The number of nitrogens with one attached hydrogen (secondary N) is 2. The molecule has 0 fully saturated rings. The predicted molar refractivity (Wildman–Crippen MR) is 180 cm³/mol. The van der Waals surface area contributed by atoms with Gasteiger partial charge in [-0.1, -0.05) is 18.2 Å². The van der Waals surface area contributed by atoms with Crippen LogP contribution in [0.25, 0.3) is 5.69 Å². The first-order chi connectivity index (χ1) is 20.7. The van der Waals surface area contributed by atoms with Gasteiger partial charge >= 0.3 is 19.1 Å². The molecule has 0 saturated carbocycles. The molecule has 2 aromatic heterocycles. The molecule has 0 spiro atoms. The van der Waals surface area contributed by atoms with E-state index in [0.29, 0.717) is 16.9 Å². The lowest BCUT2D eigenvalue weighted by Crippen LogP contribution is -2.29. The van der Waals surface area contributed by atoms with Crippen LogP contribution >= 0.6 is 45.2 Å². The standard InChI is InChI=1S/C14H14IN3O2.C9H12N2O2.C6H6BIO2/c1-20-14(19)13-12-11(6-3-7-16-12)18(17-13)10-5-2-4-9(15)8-10;1-13-9(12)8-6-4-2-3-5-7(6)10-11-8;8-6-3-1-2-5(4-6)7(9)10/h2,4-5,8,16H,3,6-7H2,1H3;2-5H2,1H3,(H,10,11);1-4,9-10H. The van der Waals surface area contributed by atoms with Gasteiger partial charge in [-0.15, -0.1) is 0 Å². The third-order valence-corrected chi connectivity index (χ3v) is 8.23. The van der Waals surface area contributed by atoms with Crippen LogP contribution in [-0.4, -0.2) is 69.8 Å². The summed E-state index contributed by atoms with van der Waals surface area (Å²) in [6.45, 7) is 0.856. The summed E-state index contributed by atoms with van der Waals surface area (Å²) < 4.78 is 13.4. The topological polar surface area (TPSA) is 152 Å². The first-order valence-electron chi connectivity index (χ1n) is 13.7. The van der Waals surface area contributed by atoms with E-state index in [-0.39, 0.29) is 5.97 Å². The van der Waals surface area contributed by atoms with Crippen LogP contribution in [0.3, 0.4) is 0 Å². The van der Waals surface area contributed by atoms with E-state index in [1.807, 2.05) is 35.0 Å². The van der Waals surface area contributed by atoms with E-state index < -0.39 is 13.1 Å². The maximum Gasteiger partial charge on any atom is 0.488 e. The number of fused-ring (bicyclic) bond motifs is 2. The van der Waals surface area contributed by atoms with Crippen LogP contribution in [0.4, 0.5) is 5.69 Å². The Labute approximate surface area is 277 Å². The first kappa shape index (κ1) is 32.9. The Kier molecular flexibility index (Phi) is 12.0. The number of aromatic nitrogens is 4. The number of hydrogen-bond acceptors (Lipinski definition) is 9. The molecular formula is C29H32BI2N5O6. The number of aromatic amines is 1. The molecule has 4 N–H and O–H groups in total. The van der Waals surface area contributed by atoms with Crippen LogP contribution in [0, 0.1) is 7.14 Å². The van der Waals surface area contributed by atoms with Crippen molar-refractivity contribution in [1.29, 1.82) is 0 Å². The number of hydrogen-bond donors (Lipinski definition) is 4. The van der Waals surface area contributed by atoms with Crippen molar-refractivity contribution in [3.8, 4) is 5.69 Å². The van der Waals surface area contributed by atoms with E-state index in [9.17, 15) is 9.59 Å². The van der Waals surface area contributed by atoms with Crippen LogP contribution in [0.5, 0.6) is 0 Å². The molecule has 0 radical (unpaired) electrons. The van der Waals surface area contributed by atoms with Crippen LogP contribution < -0.4 is 10.8 Å². The lowest BCUT2D eigenvalue weighted by Gasteiger charge is -2.16. The molecule has 0 saturated heterocycles. The Morgan fingerprint density at radius 2 is 1.58 bits per heavy atom. The Hall–Kier alpha value is -2.96. The number of rotatable bonds is 4. The van der Waals surface area contributed by atoms with E-state index in [2.05, 4.69) is 70.5 Å². The van der Waals surface area contributed by atoms with Crippen LogP contribution in [-0.2, 0) is 28.7 Å². The Balaban J connectivity index is 0.000000159. The van der Waals surface area contributed by atoms with Gasteiger partial charge in [0.1, 0.15) is 0 Å². The molecule has 2 aromatic carbocycles. The van der Waals surface area contributed by atoms with Crippen molar-refractivity contribution in [3.63, 3.8) is 0 Å². The third-order valence-electron chi connectivity index (χ3n) is 6.89. The van der Waals surface area contributed by atoms with Gasteiger partial charge < -0.3 is 24.8 Å². The second kappa shape index (κ2) is 15.7. The van der Waals surface area contributed by atoms with Crippen LogP contribution in [0.2, 0.25) is 0 Å². The molecular weight excluding hydrogens is 779 g/mol. The zero-order valence-corrected chi connectivity index (χ0v) is 28.1. The van der Waals surface area contributed by atoms with E-state index >= 15 is 0 Å². The van der Waals surface area contributed by atoms with Gasteiger partial charge in [-0.2, -0.15) is 10.2 Å². The molecule has 14 heteroatoms. The van der Waals surface area contributed by atoms with Crippen molar-refractivity contribution < 1.29 is 29.1 Å². The molecule has 3 heterocycles. The number of ether oxygens (including phenoxy) is 2. The molecule has 0 unspecified atom stereocenters. The lowest BCUT2D eigenvalue weighted by molar-refractivity contribution is 0.0584. The minimum absolute atomic E-state index is 0.334. The average molecular weight is 811 g/mol. The van der Waals surface area contributed by atoms with Gasteiger partial charge in [0.15, 0.2) is 11.4 Å². The fourth-order valence-electron chi connectivity index (χ4n) is 4.81. The molecule has 6 rings (SSSR count). The first-order valence-corrected chi connectivity index (χ1v) is 15.8. The predicted octanol–water partition coefficient (Wildman–Crippen LogP) is 3.67. The Morgan fingerprint density at radius 3 is 2.23 bits per heavy atom. The largest absolute Gasteiger partial charge is 0.488 e. The maximum absolute atomic E-state index is 11.9. The van der Waals surface area contributed by atoms with Crippen molar-refractivity contribution in [1.82, 2.24) is 20.0 Å². The van der Waals surface area contributed by atoms with Crippen LogP contribution in [0.1, 0.15) is 57.2 Å².